The summed E-state index contributed by atoms with van der Waals surface area (Å²) in [5, 5.41) is 0. The number of rotatable bonds is 2. The van der Waals surface area contributed by atoms with E-state index in [2.05, 4.69) is 4.90 Å². The Balaban J connectivity index is 1.63. The van der Waals surface area contributed by atoms with E-state index in [9.17, 15) is 4.79 Å². The van der Waals surface area contributed by atoms with E-state index in [0.29, 0.717) is 24.4 Å². The van der Waals surface area contributed by atoms with Gasteiger partial charge in [-0.2, -0.15) is 0 Å². The third-order valence-corrected chi connectivity index (χ3v) is 6.32. The van der Waals surface area contributed by atoms with Gasteiger partial charge in [-0.15, -0.1) is 0 Å². The number of likely N-dealkylation sites (tertiary alicyclic amines) is 1. The molecule has 3 heteroatoms. The van der Waals surface area contributed by atoms with Crippen molar-refractivity contribution in [2.75, 3.05) is 13.1 Å². The molecule has 0 aromatic rings. The Morgan fingerprint density at radius 3 is 2.48 bits per heavy atom. The zero-order chi connectivity index (χ0) is 14.7. The highest BCUT2D eigenvalue weighted by molar-refractivity contribution is 5.79. The van der Waals surface area contributed by atoms with Crippen molar-refractivity contribution in [1.82, 2.24) is 4.90 Å². The SMILES string of the molecule is NCC1CCCCCN1C(=O)C1CCC2CCCCC2C1. The summed E-state index contributed by atoms with van der Waals surface area (Å²) >= 11 is 0. The topological polar surface area (TPSA) is 46.3 Å². The van der Waals surface area contributed by atoms with E-state index < -0.39 is 0 Å². The second kappa shape index (κ2) is 7.13. The molecule has 0 radical (unpaired) electrons. The maximum atomic E-state index is 13.0. The summed E-state index contributed by atoms with van der Waals surface area (Å²) in [6.07, 6.45) is 14.0. The molecule has 2 saturated carbocycles. The molecule has 1 amide bonds. The summed E-state index contributed by atoms with van der Waals surface area (Å²) < 4.78 is 0. The molecular weight excluding hydrogens is 260 g/mol. The highest BCUT2D eigenvalue weighted by atomic mass is 16.2. The first-order valence-corrected chi connectivity index (χ1v) is 9.30. The van der Waals surface area contributed by atoms with Crippen molar-refractivity contribution in [1.29, 1.82) is 0 Å². The van der Waals surface area contributed by atoms with Gasteiger partial charge in [0.25, 0.3) is 0 Å². The third kappa shape index (κ3) is 3.44. The predicted octanol–water partition coefficient (Wildman–Crippen LogP) is 3.32. The van der Waals surface area contributed by atoms with Gasteiger partial charge in [0.2, 0.25) is 5.91 Å². The summed E-state index contributed by atoms with van der Waals surface area (Å²) in [5.74, 6) is 2.51. The highest BCUT2D eigenvalue weighted by Gasteiger charge is 2.37. The van der Waals surface area contributed by atoms with Crippen LogP contribution in [0.15, 0.2) is 0 Å². The van der Waals surface area contributed by atoms with Crippen molar-refractivity contribution < 1.29 is 4.79 Å². The highest BCUT2D eigenvalue weighted by Crippen LogP contribution is 2.43. The monoisotopic (exact) mass is 292 g/mol. The van der Waals surface area contributed by atoms with E-state index in [1.807, 2.05) is 0 Å². The molecule has 2 aliphatic carbocycles. The zero-order valence-corrected chi connectivity index (χ0v) is 13.4. The van der Waals surface area contributed by atoms with Gasteiger partial charge in [0.15, 0.2) is 0 Å². The van der Waals surface area contributed by atoms with Gasteiger partial charge in [-0.1, -0.05) is 38.5 Å². The standard InChI is InChI=1S/C18H32N2O/c19-13-17-8-2-1-5-11-20(17)18(21)16-10-9-14-6-3-4-7-15(14)12-16/h14-17H,1-13,19H2. The van der Waals surface area contributed by atoms with E-state index in [1.54, 1.807) is 0 Å². The van der Waals surface area contributed by atoms with Gasteiger partial charge in [-0.05, 0) is 43.9 Å². The molecule has 21 heavy (non-hydrogen) atoms. The molecule has 4 unspecified atom stereocenters. The number of hydrogen-bond donors (Lipinski definition) is 1. The van der Waals surface area contributed by atoms with Crippen LogP contribution in [0.25, 0.3) is 0 Å². The molecule has 4 atom stereocenters. The minimum absolute atomic E-state index is 0.302. The van der Waals surface area contributed by atoms with Gasteiger partial charge in [-0.25, -0.2) is 0 Å². The summed E-state index contributed by atoms with van der Waals surface area (Å²) in [6, 6.07) is 0.309. The predicted molar refractivity (Wildman–Crippen MR) is 85.8 cm³/mol. The van der Waals surface area contributed by atoms with Crippen LogP contribution >= 0.6 is 0 Å². The van der Waals surface area contributed by atoms with E-state index >= 15 is 0 Å². The molecular formula is C18H32N2O. The van der Waals surface area contributed by atoms with Crippen molar-refractivity contribution in [3.8, 4) is 0 Å². The second-order valence-electron chi connectivity index (χ2n) is 7.59. The van der Waals surface area contributed by atoms with Crippen molar-refractivity contribution >= 4 is 5.91 Å². The Labute approximate surface area is 129 Å². The molecule has 0 aromatic heterocycles. The molecule has 3 rings (SSSR count). The summed E-state index contributed by atoms with van der Waals surface area (Å²) in [5.41, 5.74) is 5.94. The van der Waals surface area contributed by atoms with Crippen LogP contribution in [0.5, 0.6) is 0 Å². The normalized spacial score (nSPS) is 37.7. The van der Waals surface area contributed by atoms with Crippen molar-refractivity contribution in [3.05, 3.63) is 0 Å². The Bertz CT molecular complexity index is 357. The van der Waals surface area contributed by atoms with Crippen LogP contribution in [0.4, 0.5) is 0 Å². The molecule has 0 spiro atoms. The zero-order valence-electron chi connectivity index (χ0n) is 13.4. The van der Waals surface area contributed by atoms with Gasteiger partial charge < -0.3 is 10.6 Å². The van der Waals surface area contributed by atoms with E-state index in [1.165, 1.54) is 51.4 Å². The number of fused-ring (bicyclic) bond motifs is 1. The van der Waals surface area contributed by atoms with E-state index in [-0.39, 0.29) is 0 Å². The van der Waals surface area contributed by atoms with Crippen LogP contribution in [-0.4, -0.2) is 29.9 Å². The molecule has 3 aliphatic rings. The summed E-state index contributed by atoms with van der Waals surface area (Å²) in [6.45, 7) is 1.59. The molecule has 2 N–H and O–H groups in total. The fraction of sp³-hybridized carbons (Fsp3) is 0.944. The Morgan fingerprint density at radius 1 is 0.905 bits per heavy atom. The maximum Gasteiger partial charge on any atom is 0.225 e. The number of hydrogen-bond acceptors (Lipinski definition) is 2. The van der Waals surface area contributed by atoms with Crippen LogP contribution in [0.1, 0.15) is 70.6 Å². The number of nitrogens with zero attached hydrogens (tertiary/aromatic N) is 1. The maximum absolute atomic E-state index is 13.0. The first kappa shape index (κ1) is 15.3. The van der Waals surface area contributed by atoms with Crippen LogP contribution in [0.3, 0.4) is 0 Å². The average molecular weight is 292 g/mol. The number of amides is 1. The van der Waals surface area contributed by atoms with Crippen molar-refractivity contribution in [3.63, 3.8) is 0 Å². The first-order valence-electron chi connectivity index (χ1n) is 9.30. The molecule has 0 bridgehead atoms. The summed E-state index contributed by atoms with van der Waals surface area (Å²) in [4.78, 5) is 15.2. The van der Waals surface area contributed by atoms with Crippen molar-refractivity contribution in [2.45, 2.75) is 76.7 Å². The number of carbonyl (C=O) groups excluding carboxylic acids is 1. The van der Waals surface area contributed by atoms with Crippen LogP contribution < -0.4 is 5.73 Å². The van der Waals surface area contributed by atoms with Gasteiger partial charge in [0.05, 0.1) is 0 Å². The molecule has 1 heterocycles. The lowest BCUT2D eigenvalue weighted by molar-refractivity contribution is -0.140. The second-order valence-corrected chi connectivity index (χ2v) is 7.59. The lowest BCUT2D eigenvalue weighted by Crippen LogP contribution is -2.48. The lowest BCUT2D eigenvalue weighted by atomic mass is 9.67. The molecule has 0 aromatic carbocycles. The van der Waals surface area contributed by atoms with Crippen molar-refractivity contribution in [2.24, 2.45) is 23.5 Å². The quantitative estimate of drug-likeness (QED) is 0.848. The molecule has 120 valence electrons. The smallest absolute Gasteiger partial charge is 0.225 e. The largest absolute Gasteiger partial charge is 0.338 e. The molecule has 3 fully saturated rings. The Morgan fingerprint density at radius 2 is 1.67 bits per heavy atom. The minimum Gasteiger partial charge on any atom is -0.338 e. The minimum atomic E-state index is 0.302. The van der Waals surface area contributed by atoms with Gasteiger partial charge in [0.1, 0.15) is 0 Å². The fourth-order valence-corrected chi connectivity index (χ4v) is 5.04. The van der Waals surface area contributed by atoms with Gasteiger partial charge >= 0.3 is 0 Å². The first-order chi connectivity index (χ1) is 10.3. The number of carbonyl (C=O) groups is 1. The fourth-order valence-electron chi connectivity index (χ4n) is 5.04. The average Bonchev–Trinajstić information content (AvgIpc) is 2.79. The molecule has 3 nitrogen and oxygen atoms in total. The third-order valence-electron chi connectivity index (χ3n) is 6.32. The summed E-state index contributed by atoms with van der Waals surface area (Å²) in [7, 11) is 0. The number of nitrogens with two attached hydrogens (primary N) is 1. The Kier molecular flexibility index (Phi) is 5.20. The van der Waals surface area contributed by atoms with E-state index in [4.69, 9.17) is 5.73 Å². The Hall–Kier alpha value is -0.570. The van der Waals surface area contributed by atoms with Crippen LogP contribution in [0.2, 0.25) is 0 Å². The van der Waals surface area contributed by atoms with Gasteiger partial charge in [-0.3, -0.25) is 4.79 Å². The lowest BCUT2D eigenvalue weighted by Gasteiger charge is -2.41. The molecule has 1 aliphatic heterocycles. The van der Waals surface area contributed by atoms with Crippen LogP contribution in [-0.2, 0) is 4.79 Å². The molecule has 1 saturated heterocycles. The van der Waals surface area contributed by atoms with Gasteiger partial charge in [0, 0.05) is 25.0 Å². The van der Waals surface area contributed by atoms with E-state index in [0.717, 1.165) is 37.6 Å². The van der Waals surface area contributed by atoms with Crippen LogP contribution in [0, 0.1) is 17.8 Å².